The van der Waals surface area contributed by atoms with Gasteiger partial charge in [-0.05, 0) is 19.3 Å². The average molecular weight is 170 g/mol. The van der Waals surface area contributed by atoms with Crippen molar-refractivity contribution < 1.29 is 0 Å². The van der Waals surface area contributed by atoms with Crippen molar-refractivity contribution in [1.82, 2.24) is 0 Å². The molecule has 0 aromatic heterocycles. The first-order chi connectivity index (χ1) is 5.68. The van der Waals surface area contributed by atoms with Crippen LogP contribution in [0.2, 0.25) is 0 Å². The third kappa shape index (κ3) is 22.6. The summed E-state index contributed by atoms with van der Waals surface area (Å²) in [6.45, 7) is 11.0. The summed E-state index contributed by atoms with van der Waals surface area (Å²) in [6.07, 6.45) is 9.47. The second kappa shape index (κ2) is 13.3. The van der Waals surface area contributed by atoms with Gasteiger partial charge in [0.15, 0.2) is 0 Å². The predicted molar refractivity (Wildman–Crippen MR) is 59.5 cm³/mol. The third-order valence-electron chi connectivity index (χ3n) is 1.56. The van der Waals surface area contributed by atoms with Gasteiger partial charge in [-0.2, -0.15) is 0 Å². The molecule has 0 amide bonds. The maximum Gasteiger partial charge on any atom is -0.0353 e. The molecule has 0 aliphatic heterocycles. The first kappa shape index (κ1) is 14.3. The van der Waals surface area contributed by atoms with Crippen molar-refractivity contribution in [2.24, 2.45) is 5.92 Å². The van der Waals surface area contributed by atoms with E-state index in [1.165, 1.54) is 25.7 Å². The van der Waals surface area contributed by atoms with Gasteiger partial charge in [0.05, 0.1) is 0 Å². The van der Waals surface area contributed by atoms with E-state index in [1.807, 2.05) is 0 Å². The monoisotopic (exact) mass is 170 g/mol. The molecule has 0 radical (unpaired) electrons. The van der Waals surface area contributed by atoms with Crippen LogP contribution < -0.4 is 0 Å². The lowest BCUT2D eigenvalue weighted by Gasteiger charge is -1.95. The van der Waals surface area contributed by atoms with E-state index in [1.54, 1.807) is 0 Å². The SMILES string of the molecule is C/C=C\CCC.CCCC(C)C. The molecule has 0 saturated heterocycles. The molecule has 0 aliphatic carbocycles. The summed E-state index contributed by atoms with van der Waals surface area (Å²) in [5.74, 6) is 0.898. The molecule has 0 aromatic carbocycles. The molecule has 0 rings (SSSR count). The Labute approximate surface area is 79.1 Å². The molecule has 0 spiro atoms. The summed E-state index contributed by atoms with van der Waals surface area (Å²) in [5, 5.41) is 0. The van der Waals surface area contributed by atoms with Crippen molar-refractivity contribution in [3.8, 4) is 0 Å². The number of hydrogen-bond donors (Lipinski definition) is 0. The summed E-state index contributed by atoms with van der Waals surface area (Å²) in [6, 6.07) is 0. The van der Waals surface area contributed by atoms with E-state index in [0.29, 0.717) is 0 Å². The van der Waals surface area contributed by atoms with E-state index in [4.69, 9.17) is 0 Å². The van der Waals surface area contributed by atoms with Gasteiger partial charge >= 0.3 is 0 Å². The fourth-order valence-corrected chi connectivity index (χ4v) is 0.911. The van der Waals surface area contributed by atoms with Crippen LogP contribution in [0.25, 0.3) is 0 Å². The molecular weight excluding hydrogens is 144 g/mol. The molecule has 0 nitrogen and oxygen atoms in total. The average Bonchev–Trinajstić information content (AvgIpc) is 2.02. The molecule has 0 aliphatic rings. The van der Waals surface area contributed by atoms with Crippen molar-refractivity contribution >= 4 is 0 Å². The van der Waals surface area contributed by atoms with Crippen LogP contribution in [0.15, 0.2) is 12.2 Å². The summed E-state index contributed by atoms with van der Waals surface area (Å²) in [4.78, 5) is 0. The fourth-order valence-electron chi connectivity index (χ4n) is 0.911. The molecule has 0 unspecified atom stereocenters. The lowest BCUT2D eigenvalue weighted by Crippen LogP contribution is -1.81. The normalized spacial score (nSPS) is 10.2. The smallest absolute Gasteiger partial charge is 0.0353 e. The minimum atomic E-state index is 0.898. The van der Waals surface area contributed by atoms with E-state index in [0.717, 1.165) is 5.92 Å². The summed E-state index contributed by atoms with van der Waals surface area (Å²) >= 11 is 0. The van der Waals surface area contributed by atoms with Crippen LogP contribution in [0.1, 0.15) is 60.3 Å². The second-order valence-electron chi connectivity index (χ2n) is 3.54. The zero-order valence-electron chi connectivity index (χ0n) is 9.56. The lowest BCUT2D eigenvalue weighted by atomic mass is 10.1. The van der Waals surface area contributed by atoms with Crippen LogP contribution in [0, 0.1) is 5.92 Å². The van der Waals surface area contributed by atoms with Gasteiger partial charge < -0.3 is 0 Å². The van der Waals surface area contributed by atoms with Gasteiger partial charge in [0.1, 0.15) is 0 Å². The summed E-state index contributed by atoms with van der Waals surface area (Å²) in [5.41, 5.74) is 0. The Morgan fingerprint density at radius 2 is 1.67 bits per heavy atom. The van der Waals surface area contributed by atoms with Gasteiger partial charge in [0, 0.05) is 0 Å². The standard InChI is InChI=1S/C6H14.C6H12/c1-4-5-6(2)3;1-3-5-6-4-2/h6H,4-5H2,1-3H3;3,5H,4,6H2,1-2H3/b;5-3-. The Bertz CT molecular complexity index is 80.0. The highest BCUT2D eigenvalue weighted by Gasteiger charge is 1.85. The molecule has 0 bridgehead atoms. The second-order valence-corrected chi connectivity index (χ2v) is 3.54. The van der Waals surface area contributed by atoms with Crippen molar-refractivity contribution in [3.05, 3.63) is 12.2 Å². The van der Waals surface area contributed by atoms with Gasteiger partial charge in [0.2, 0.25) is 0 Å². The zero-order chi connectivity index (χ0) is 9.82. The van der Waals surface area contributed by atoms with E-state index >= 15 is 0 Å². The topological polar surface area (TPSA) is 0 Å². The van der Waals surface area contributed by atoms with Gasteiger partial charge in [0.25, 0.3) is 0 Å². The van der Waals surface area contributed by atoms with E-state index in [2.05, 4.69) is 46.8 Å². The number of hydrogen-bond acceptors (Lipinski definition) is 0. The van der Waals surface area contributed by atoms with E-state index in [9.17, 15) is 0 Å². The molecule has 0 heteroatoms. The van der Waals surface area contributed by atoms with Gasteiger partial charge in [-0.1, -0.05) is 59.1 Å². The molecule has 0 N–H and O–H groups in total. The summed E-state index contributed by atoms with van der Waals surface area (Å²) in [7, 11) is 0. The first-order valence-electron chi connectivity index (χ1n) is 5.30. The van der Waals surface area contributed by atoms with Gasteiger partial charge in [-0.25, -0.2) is 0 Å². The first-order valence-corrected chi connectivity index (χ1v) is 5.30. The minimum Gasteiger partial charge on any atom is -0.0917 e. The van der Waals surface area contributed by atoms with Crippen molar-refractivity contribution in [3.63, 3.8) is 0 Å². The van der Waals surface area contributed by atoms with Crippen molar-refractivity contribution in [2.75, 3.05) is 0 Å². The molecule has 0 aromatic rings. The number of rotatable bonds is 4. The van der Waals surface area contributed by atoms with Gasteiger partial charge in [-0.15, -0.1) is 0 Å². The Kier molecular flexibility index (Phi) is 15.9. The molecule has 0 fully saturated rings. The molecular formula is C12H26. The van der Waals surface area contributed by atoms with Crippen LogP contribution >= 0.6 is 0 Å². The Hall–Kier alpha value is -0.260. The van der Waals surface area contributed by atoms with Crippen LogP contribution in [0.3, 0.4) is 0 Å². The molecule has 0 saturated carbocycles. The van der Waals surface area contributed by atoms with Crippen molar-refractivity contribution in [2.45, 2.75) is 60.3 Å². The van der Waals surface area contributed by atoms with E-state index < -0.39 is 0 Å². The quantitative estimate of drug-likeness (QED) is 0.531. The van der Waals surface area contributed by atoms with Crippen LogP contribution in [0.5, 0.6) is 0 Å². The maximum atomic E-state index is 2.25. The molecule has 74 valence electrons. The Morgan fingerprint density at radius 1 is 1.08 bits per heavy atom. The Morgan fingerprint density at radius 3 is 1.75 bits per heavy atom. The lowest BCUT2D eigenvalue weighted by molar-refractivity contribution is 0.576. The highest BCUT2D eigenvalue weighted by Crippen LogP contribution is 2.00. The third-order valence-corrected chi connectivity index (χ3v) is 1.56. The van der Waals surface area contributed by atoms with Crippen LogP contribution in [0.4, 0.5) is 0 Å². The predicted octanol–water partition coefficient (Wildman–Crippen LogP) is 4.81. The largest absolute Gasteiger partial charge is 0.0917 e. The maximum absolute atomic E-state index is 2.25. The molecule has 12 heavy (non-hydrogen) atoms. The number of unbranched alkanes of at least 4 members (excludes halogenated alkanes) is 1. The minimum absolute atomic E-state index is 0.898. The van der Waals surface area contributed by atoms with Crippen LogP contribution in [-0.2, 0) is 0 Å². The summed E-state index contributed by atoms with van der Waals surface area (Å²) < 4.78 is 0. The molecule has 0 atom stereocenters. The number of allylic oxidation sites excluding steroid dienone is 2. The fraction of sp³-hybridized carbons (Fsp3) is 0.833. The van der Waals surface area contributed by atoms with Crippen LogP contribution in [-0.4, -0.2) is 0 Å². The molecule has 0 heterocycles. The zero-order valence-corrected chi connectivity index (χ0v) is 9.56. The van der Waals surface area contributed by atoms with Gasteiger partial charge in [-0.3, -0.25) is 0 Å². The highest BCUT2D eigenvalue weighted by atomic mass is 13.9. The highest BCUT2D eigenvalue weighted by molar-refractivity contribution is 4.75. The van der Waals surface area contributed by atoms with Crippen molar-refractivity contribution in [1.29, 1.82) is 0 Å². The van der Waals surface area contributed by atoms with E-state index in [-0.39, 0.29) is 0 Å². The Balaban J connectivity index is 0.